The molecule has 0 saturated carbocycles. The molecule has 0 aliphatic rings. The van der Waals surface area contributed by atoms with Crippen LogP contribution in [0.4, 0.5) is 18.9 Å². The summed E-state index contributed by atoms with van der Waals surface area (Å²) in [6.45, 7) is 4.24. The van der Waals surface area contributed by atoms with Gasteiger partial charge in [-0.3, -0.25) is 9.20 Å². The van der Waals surface area contributed by atoms with Crippen molar-refractivity contribution in [2.75, 3.05) is 11.9 Å². The first-order valence-electron chi connectivity index (χ1n) is 8.96. The molecule has 0 aliphatic heterocycles. The van der Waals surface area contributed by atoms with E-state index in [0.717, 1.165) is 18.7 Å². The van der Waals surface area contributed by atoms with Crippen LogP contribution in [0, 0.1) is 0 Å². The minimum absolute atomic E-state index is 0.0777. The van der Waals surface area contributed by atoms with Crippen LogP contribution >= 0.6 is 0 Å². The fraction of sp³-hybridized carbons (Fsp3) is 0.300. The summed E-state index contributed by atoms with van der Waals surface area (Å²) in [5.41, 5.74) is 0.383. The van der Waals surface area contributed by atoms with Crippen molar-refractivity contribution < 1.29 is 22.7 Å². The number of nitrogens with one attached hydrogen (secondary N) is 1. The Labute approximate surface area is 160 Å². The Bertz CT molecular complexity index is 996. The lowest BCUT2D eigenvalue weighted by Gasteiger charge is -2.13. The van der Waals surface area contributed by atoms with Crippen molar-refractivity contribution >= 4 is 17.2 Å². The van der Waals surface area contributed by atoms with Crippen LogP contribution in [0.3, 0.4) is 0 Å². The van der Waals surface area contributed by atoms with Crippen molar-refractivity contribution in [3.8, 4) is 5.75 Å². The van der Waals surface area contributed by atoms with Gasteiger partial charge in [-0.25, -0.2) is 4.98 Å². The summed E-state index contributed by atoms with van der Waals surface area (Å²) in [5.74, 6) is -0.0447. The lowest BCUT2D eigenvalue weighted by atomic mass is 10.2. The second-order valence-electron chi connectivity index (χ2n) is 6.20. The Morgan fingerprint density at radius 3 is 2.61 bits per heavy atom. The van der Waals surface area contributed by atoms with Crippen molar-refractivity contribution in [1.82, 2.24) is 9.38 Å². The van der Waals surface area contributed by atoms with Crippen molar-refractivity contribution in [3.63, 3.8) is 0 Å². The Morgan fingerprint density at radius 1 is 1.18 bits per heavy atom. The van der Waals surface area contributed by atoms with Crippen molar-refractivity contribution in [2.45, 2.75) is 32.9 Å². The molecule has 2 heterocycles. The van der Waals surface area contributed by atoms with E-state index in [4.69, 9.17) is 4.74 Å². The van der Waals surface area contributed by atoms with Gasteiger partial charge in [0.1, 0.15) is 17.1 Å². The molecule has 148 valence electrons. The molecule has 0 aliphatic carbocycles. The molecule has 3 aromatic rings. The van der Waals surface area contributed by atoms with E-state index < -0.39 is 17.6 Å². The minimum atomic E-state index is -4.51. The van der Waals surface area contributed by atoms with Gasteiger partial charge < -0.3 is 10.1 Å². The number of hydrogen-bond acceptors (Lipinski definition) is 3. The third kappa shape index (κ3) is 3.95. The lowest BCUT2D eigenvalue weighted by molar-refractivity contribution is -0.137. The molecule has 1 amide bonds. The number of hydrogen-bond donors (Lipinski definition) is 1. The average Bonchev–Trinajstić information content (AvgIpc) is 3.04. The number of rotatable bonds is 6. The molecule has 0 unspecified atom stereocenters. The molecule has 1 N–H and O–H groups in total. The predicted molar refractivity (Wildman–Crippen MR) is 99.8 cm³/mol. The number of para-hydroxylation sites is 2. The highest BCUT2D eigenvalue weighted by molar-refractivity contribution is 6.05. The van der Waals surface area contributed by atoms with E-state index in [0.29, 0.717) is 30.2 Å². The van der Waals surface area contributed by atoms with Crippen LogP contribution in [0.15, 0.2) is 42.6 Å². The third-order valence-electron chi connectivity index (χ3n) is 4.16. The second kappa shape index (κ2) is 7.92. The minimum Gasteiger partial charge on any atom is -0.491 e. The Balaban J connectivity index is 2.02. The highest BCUT2D eigenvalue weighted by atomic mass is 19.4. The first-order chi connectivity index (χ1) is 13.3. The number of nitrogens with zero attached hydrogens (tertiary/aromatic N) is 2. The molecule has 0 bridgehead atoms. The van der Waals surface area contributed by atoms with Gasteiger partial charge in [0.25, 0.3) is 5.91 Å². The molecule has 1 aromatic carbocycles. The van der Waals surface area contributed by atoms with E-state index in [1.54, 1.807) is 31.2 Å². The first kappa shape index (κ1) is 19.7. The molecule has 28 heavy (non-hydrogen) atoms. The summed E-state index contributed by atoms with van der Waals surface area (Å²) >= 11 is 0. The zero-order valence-electron chi connectivity index (χ0n) is 15.5. The molecular weight excluding hydrogens is 371 g/mol. The maximum atomic E-state index is 13.1. The zero-order valence-corrected chi connectivity index (χ0v) is 15.5. The molecule has 0 radical (unpaired) electrons. The summed E-state index contributed by atoms with van der Waals surface area (Å²) < 4.78 is 46.1. The summed E-state index contributed by atoms with van der Waals surface area (Å²) in [6, 6.07) is 9.14. The van der Waals surface area contributed by atoms with Crippen LogP contribution in [0.1, 0.15) is 42.0 Å². The van der Waals surface area contributed by atoms with Crippen LogP contribution in [0.2, 0.25) is 0 Å². The van der Waals surface area contributed by atoms with Gasteiger partial charge >= 0.3 is 6.18 Å². The number of carbonyl (C=O) groups is 1. The van der Waals surface area contributed by atoms with Crippen LogP contribution in [0.5, 0.6) is 5.75 Å². The van der Waals surface area contributed by atoms with E-state index in [-0.39, 0.29) is 11.3 Å². The van der Waals surface area contributed by atoms with Crippen LogP contribution in [-0.4, -0.2) is 21.9 Å². The van der Waals surface area contributed by atoms with Gasteiger partial charge in [-0.1, -0.05) is 26.0 Å². The number of halogens is 3. The van der Waals surface area contributed by atoms with Gasteiger partial charge in [-0.15, -0.1) is 0 Å². The molecule has 5 nitrogen and oxygen atoms in total. The normalized spacial score (nSPS) is 11.6. The molecule has 0 fully saturated rings. The maximum Gasteiger partial charge on any atom is 0.417 e. The van der Waals surface area contributed by atoms with E-state index in [9.17, 15) is 18.0 Å². The maximum absolute atomic E-state index is 13.1. The van der Waals surface area contributed by atoms with Crippen LogP contribution < -0.4 is 10.1 Å². The number of fused-ring (bicyclic) bond motifs is 1. The summed E-state index contributed by atoms with van der Waals surface area (Å²) in [4.78, 5) is 17.2. The molecule has 0 atom stereocenters. The molecule has 8 heteroatoms. The smallest absolute Gasteiger partial charge is 0.417 e. The number of aromatic nitrogens is 2. The Morgan fingerprint density at radius 2 is 1.93 bits per heavy atom. The van der Waals surface area contributed by atoms with Gasteiger partial charge in [0, 0.05) is 6.20 Å². The standard InChI is InChI=1S/C20H20F3N3O2/c1-3-11-28-16-8-6-5-7-15(16)25-19(27)18-14(4-2)24-17-10-9-13(12-26(17)18)20(21,22)23/h5-10,12H,3-4,11H2,1-2H3,(H,25,27). The largest absolute Gasteiger partial charge is 0.491 e. The quantitative estimate of drug-likeness (QED) is 0.646. The van der Waals surface area contributed by atoms with Crippen LogP contribution in [0.25, 0.3) is 5.65 Å². The Kier molecular flexibility index (Phi) is 5.58. The lowest BCUT2D eigenvalue weighted by Crippen LogP contribution is -2.17. The number of alkyl halides is 3. The van der Waals surface area contributed by atoms with Crippen molar-refractivity contribution in [2.24, 2.45) is 0 Å². The monoisotopic (exact) mass is 391 g/mol. The van der Waals surface area contributed by atoms with E-state index in [1.807, 2.05) is 6.92 Å². The fourth-order valence-electron chi connectivity index (χ4n) is 2.84. The number of aryl methyl sites for hydroxylation is 1. The second-order valence-corrected chi connectivity index (χ2v) is 6.20. The van der Waals surface area contributed by atoms with E-state index in [2.05, 4.69) is 10.3 Å². The molecule has 2 aromatic heterocycles. The highest BCUT2D eigenvalue weighted by Gasteiger charge is 2.32. The molecule has 0 saturated heterocycles. The van der Waals surface area contributed by atoms with Gasteiger partial charge in [0.05, 0.1) is 23.6 Å². The van der Waals surface area contributed by atoms with Gasteiger partial charge in [-0.2, -0.15) is 13.2 Å². The SMILES string of the molecule is CCCOc1ccccc1NC(=O)c1c(CC)nc2ccc(C(F)(F)F)cn12. The number of ether oxygens (including phenoxy) is 1. The van der Waals surface area contributed by atoms with Crippen molar-refractivity contribution in [1.29, 1.82) is 0 Å². The van der Waals surface area contributed by atoms with Gasteiger partial charge in [0.15, 0.2) is 0 Å². The third-order valence-corrected chi connectivity index (χ3v) is 4.16. The summed E-state index contributed by atoms with van der Waals surface area (Å²) in [7, 11) is 0. The predicted octanol–water partition coefficient (Wildman–Crippen LogP) is 4.96. The van der Waals surface area contributed by atoms with Gasteiger partial charge in [0.2, 0.25) is 0 Å². The number of anilines is 1. The number of carbonyl (C=O) groups excluding carboxylic acids is 1. The summed E-state index contributed by atoms with van der Waals surface area (Å²) in [6.07, 6.45) is -2.41. The highest BCUT2D eigenvalue weighted by Crippen LogP contribution is 2.30. The molecule has 3 rings (SSSR count). The van der Waals surface area contributed by atoms with E-state index in [1.165, 1.54) is 10.5 Å². The van der Waals surface area contributed by atoms with Crippen molar-refractivity contribution in [3.05, 3.63) is 59.5 Å². The fourth-order valence-corrected chi connectivity index (χ4v) is 2.84. The van der Waals surface area contributed by atoms with Crippen LogP contribution in [-0.2, 0) is 12.6 Å². The topological polar surface area (TPSA) is 55.6 Å². The number of benzene rings is 1. The van der Waals surface area contributed by atoms with E-state index >= 15 is 0 Å². The average molecular weight is 391 g/mol. The molecule has 0 spiro atoms. The van der Waals surface area contributed by atoms with Gasteiger partial charge in [-0.05, 0) is 37.1 Å². The summed E-state index contributed by atoms with van der Waals surface area (Å²) in [5, 5.41) is 2.74. The Hall–Kier alpha value is -3.03. The zero-order chi connectivity index (χ0) is 20.3. The number of imidazole rings is 1. The number of amides is 1. The number of pyridine rings is 1. The molecular formula is C20H20F3N3O2. The first-order valence-corrected chi connectivity index (χ1v) is 8.96.